The Morgan fingerprint density at radius 3 is 2.95 bits per heavy atom. The van der Waals surface area contributed by atoms with Gasteiger partial charge in [0, 0.05) is 16.2 Å². The lowest BCUT2D eigenvalue weighted by Gasteiger charge is -2.28. The van der Waals surface area contributed by atoms with Gasteiger partial charge in [0.05, 0.1) is 18.5 Å². The summed E-state index contributed by atoms with van der Waals surface area (Å²) >= 11 is 8.30. The van der Waals surface area contributed by atoms with Gasteiger partial charge in [0.2, 0.25) is 0 Å². The fraction of sp³-hybridized carbons (Fsp3) is 0.375. The molecular formula is C16H19ClN2OS. The van der Waals surface area contributed by atoms with Crippen molar-refractivity contribution in [3.8, 4) is 0 Å². The Labute approximate surface area is 134 Å². The van der Waals surface area contributed by atoms with E-state index in [0.29, 0.717) is 11.8 Å². The van der Waals surface area contributed by atoms with Crippen LogP contribution in [0.25, 0.3) is 0 Å². The highest BCUT2D eigenvalue weighted by Crippen LogP contribution is 2.48. The zero-order valence-electron chi connectivity index (χ0n) is 12.2. The van der Waals surface area contributed by atoms with Crippen LogP contribution in [-0.2, 0) is 6.54 Å². The number of thioether (sulfide) groups is 1. The highest BCUT2D eigenvalue weighted by Gasteiger charge is 2.34. The molecule has 0 aromatic carbocycles. The molecule has 2 aliphatic rings. The second-order valence-electron chi connectivity index (χ2n) is 5.54. The van der Waals surface area contributed by atoms with Crippen LogP contribution in [0.4, 0.5) is 0 Å². The highest BCUT2D eigenvalue weighted by atomic mass is 35.5. The Morgan fingerprint density at radius 2 is 2.29 bits per heavy atom. The number of hydrogen-bond donors (Lipinski definition) is 1. The van der Waals surface area contributed by atoms with E-state index in [9.17, 15) is 0 Å². The maximum absolute atomic E-state index is 6.42. The minimum atomic E-state index is 0.195. The molecule has 0 spiro atoms. The van der Waals surface area contributed by atoms with Crippen LogP contribution in [0.15, 0.2) is 56.3 Å². The van der Waals surface area contributed by atoms with E-state index in [-0.39, 0.29) is 6.04 Å². The molecule has 2 N–H and O–H groups in total. The molecule has 0 aliphatic carbocycles. The van der Waals surface area contributed by atoms with E-state index in [1.165, 1.54) is 16.2 Å². The second-order valence-corrected chi connectivity index (χ2v) is 7.17. The van der Waals surface area contributed by atoms with E-state index in [1.807, 2.05) is 30.0 Å². The maximum Gasteiger partial charge on any atom is 0.123 e. The number of nitrogens with two attached hydrogens (primary N) is 1. The molecule has 0 radical (unpaired) electrons. The molecule has 0 amide bonds. The first kappa shape index (κ1) is 14.8. The van der Waals surface area contributed by atoms with Crippen molar-refractivity contribution < 1.29 is 4.42 Å². The van der Waals surface area contributed by atoms with E-state index in [1.54, 1.807) is 6.26 Å². The third kappa shape index (κ3) is 2.93. The predicted molar refractivity (Wildman–Crippen MR) is 88.6 cm³/mol. The molecule has 21 heavy (non-hydrogen) atoms. The first-order valence-corrected chi connectivity index (χ1v) is 8.33. The lowest BCUT2D eigenvalue weighted by atomic mass is 10.0. The summed E-state index contributed by atoms with van der Waals surface area (Å²) in [5.41, 5.74) is 8.54. The first-order valence-electron chi connectivity index (χ1n) is 7.07. The summed E-state index contributed by atoms with van der Waals surface area (Å²) in [5, 5.41) is 1.16. The fourth-order valence-electron chi connectivity index (χ4n) is 2.73. The van der Waals surface area contributed by atoms with Crippen molar-refractivity contribution in [2.24, 2.45) is 5.73 Å². The van der Waals surface area contributed by atoms with Gasteiger partial charge in [0.25, 0.3) is 0 Å². The van der Waals surface area contributed by atoms with Gasteiger partial charge in [0.15, 0.2) is 0 Å². The molecule has 3 heterocycles. The van der Waals surface area contributed by atoms with E-state index < -0.39 is 0 Å². The Kier molecular flexibility index (Phi) is 4.20. The molecule has 0 fully saturated rings. The van der Waals surface area contributed by atoms with Gasteiger partial charge in [-0.2, -0.15) is 0 Å². The van der Waals surface area contributed by atoms with Crippen LogP contribution in [0.2, 0.25) is 0 Å². The summed E-state index contributed by atoms with van der Waals surface area (Å²) in [6.07, 6.45) is 6.73. The topological polar surface area (TPSA) is 42.4 Å². The van der Waals surface area contributed by atoms with Crippen LogP contribution in [0, 0.1) is 0 Å². The van der Waals surface area contributed by atoms with Gasteiger partial charge in [-0.3, -0.25) is 0 Å². The van der Waals surface area contributed by atoms with Crippen molar-refractivity contribution in [1.82, 2.24) is 4.90 Å². The number of nitrogens with zero attached hydrogens (tertiary/aromatic N) is 1. The number of allylic oxidation sites excluding steroid dienone is 2. The summed E-state index contributed by atoms with van der Waals surface area (Å²) in [6, 6.07) is 4.07. The Morgan fingerprint density at radius 1 is 1.48 bits per heavy atom. The number of rotatable bonds is 4. The Balaban J connectivity index is 1.90. The van der Waals surface area contributed by atoms with E-state index >= 15 is 0 Å². The van der Waals surface area contributed by atoms with Crippen LogP contribution in [0.1, 0.15) is 26.0 Å². The quantitative estimate of drug-likeness (QED) is 0.844. The first-order chi connectivity index (χ1) is 10.1. The van der Waals surface area contributed by atoms with E-state index in [2.05, 4.69) is 24.8 Å². The maximum atomic E-state index is 6.42. The van der Waals surface area contributed by atoms with Crippen LogP contribution < -0.4 is 5.73 Å². The summed E-state index contributed by atoms with van der Waals surface area (Å²) in [7, 11) is 0. The third-order valence-electron chi connectivity index (χ3n) is 3.74. The standard InChI is InChI=1S/C16H19ClN2OS/c1-10(18)8-14-11(2)16-13(21-14)5-6-15(17)19(16)9-12-4-3-7-20-12/h3-7,10,14H,8-9,18H2,1-2H3/t10-,14?/m0/s1. The number of fused-ring (bicyclic) bond motifs is 1. The van der Waals surface area contributed by atoms with Crippen LogP contribution >= 0.6 is 23.4 Å². The smallest absolute Gasteiger partial charge is 0.123 e. The van der Waals surface area contributed by atoms with Crippen molar-refractivity contribution in [3.63, 3.8) is 0 Å². The lowest BCUT2D eigenvalue weighted by Crippen LogP contribution is -2.23. The largest absolute Gasteiger partial charge is 0.467 e. The summed E-state index contributed by atoms with van der Waals surface area (Å²) in [4.78, 5) is 3.40. The SMILES string of the molecule is CC1=C2C(=CC=C(Cl)N2Cc2ccco2)SC1C[C@H](C)N. The minimum absolute atomic E-state index is 0.195. The minimum Gasteiger partial charge on any atom is -0.467 e. The van der Waals surface area contributed by atoms with Crippen molar-refractivity contribution in [3.05, 3.63) is 57.6 Å². The third-order valence-corrected chi connectivity index (χ3v) is 5.48. The van der Waals surface area contributed by atoms with Gasteiger partial charge in [-0.1, -0.05) is 11.6 Å². The highest BCUT2D eigenvalue weighted by molar-refractivity contribution is 8.04. The molecule has 0 saturated heterocycles. The van der Waals surface area contributed by atoms with Gasteiger partial charge >= 0.3 is 0 Å². The van der Waals surface area contributed by atoms with Gasteiger partial charge in [-0.25, -0.2) is 0 Å². The number of furan rings is 1. The number of hydrogen-bond acceptors (Lipinski definition) is 4. The molecule has 1 aromatic rings. The molecule has 0 saturated carbocycles. The van der Waals surface area contributed by atoms with Crippen LogP contribution in [0.3, 0.4) is 0 Å². The van der Waals surface area contributed by atoms with Crippen molar-refractivity contribution in [2.45, 2.75) is 38.1 Å². The summed E-state index contributed by atoms with van der Waals surface area (Å²) in [6.45, 7) is 4.89. The molecule has 2 aliphatic heterocycles. The summed E-state index contributed by atoms with van der Waals surface area (Å²) < 4.78 is 5.46. The Bertz CT molecular complexity index is 616. The normalized spacial score (nSPS) is 23.0. The van der Waals surface area contributed by atoms with Crippen molar-refractivity contribution in [1.29, 1.82) is 0 Å². The lowest BCUT2D eigenvalue weighted by molar-refractivity contribution is 0.383. The molecule has 0 bridgehead atoms. The Hall–Kier alpha value is -1.10. The second kappa shape index (κ2) is 5.95. The predicted octanol–water partition coefficient (Wildman–Crippen LogP) is 4.19. The molecular weight excluding hydrogens is 304 g/mol. The molecule has 2 atom stereocenters. The molecule has 1 aromatic heterocycles. The van der Waals surface area contributed by atoms with Crippen LogP contribution in [0.5, 0.6) is 0 Å². The molecule has 3 rings (SSSR count). The van der Waals surface area contributed by atoms with E-state index in [4.69, 9.17) is 21.8 Å². The molecule has 112 valence electrons. The van der Waals surface area contributed by atoms with Crippen molar-refractivity contribution >= 4 is 23.4 Å². The fourth-order valence-corrected chi connectivity index (χ4v) is 4.46. The average molecular weight is 323 g/mol. The van der Waals surface area contributed by atoms with Gasteiger partial charge in [-0.15, -0.1) is 11.8 Å². The monoisotopic (exact) mass is 322 g/mol. The van der Waals surface area contributed by atoms with E-state index in [0.717, 1.165) is 17.3 Å². The van der Waals surface area contributed by atoms with Crippen LogP contribution in [-0.4, -0.2) is 16.2 Å². The molecule has 3 nitrogen and oxygen atoms in total. The zero-order chi connectivity index (χ0) is 15.0. The molecule has 1 unspecified atom stereocenters. The average Bonchev–Trinajstić information content (AvgIpc) is 3.02. The molecule has 5 heteroatoms. The van der Waals surface area contributed by atoms with Gasteiger partial charge in [-0.05, 0) is 50.1 Å². The van der Waals surface area contributed by atoms with Gasteiger partial charge < -0.3 is 15.1 Å². The zero-order valence-corrected chi connectivity index (χ0v) is 13.7. The van der Waals surface area contributed by atoms with Gasteiger partial charge in [0.1, 0.15) is 10.9 Å². The number of halogens is 1. The van der Waals surface area contributed by atoms with Crippen molar-refractivity contribution in [2.75, 3.05) is 0 Å². The summed E-state index contributed by atoms with van der Waals surface area (Å²) in [5.74, 6) is 0.906.